The number of alkyl halides is 3. The molecule has 0 aliphatic heterocycles. The number of rotatable bonds is 4. The third kappa shape index (κ3) is 3.96. The number of hydrogen-bond donors (Lipinski definition) is 0. The van der Waals surface area contributed by atoms with Crippen molar-refractivity contribution in [1.82, 2.24) is 4.31 Å². The first kappa shape index (κ1) is 18.9. The molecule has 0 amide bonds. The highest BCUT2D eigenvalue weighted by Crippen LogP contribution is 2.33. The van der Waals surface area contributed by atoms with Crippen molar-refractivity contribution in [2.45, 2.75) is 17.6 Å². The van der Waals surface area contributed by atoms with Crippen molar-refractivity contribution in [3.05, 3.63) is 63.9 Å². The van der Waals surface area contributed by atoms with Crippen LogP contribution < -0.4 is 0 Å². The van der Waals surface area contributed by atoms with Crippen LogP contribution in [-0.4, -0.2) is 19.8 Å². The van der Waals surface area contributed by atoms with Crippen LogP contribution >= 0.6 is 15.9 Å². The molecule has 0 spiro atoms. The summed E-state index contributed by atoms with van der Waals surface area (Å²) in [5.41, 5.74) is -1.15. The maximum absolute atomic E-state index is 13.8. The minimum Gasteiger partial charge on any atom is -0.207 e. The van der Waals surface area contributed by atoms with Gasteiger partial charge in [-0.15, -0.1) is 0 Å². The highest BCUT2D eigenvalue weighted by atomic mass is 79.9. The average Bonchev–Trinajstić information content (AvgIpc) is 2.49. The van der Waals surface area contributed by atoms with Crippen LogP contribution in [0.5, 0.6) is 0 Å². The molecule has 130 valence electrons. The third-order valence-corrected chi connectivity index (χ3v) is 5.61. The first-order valence-electron chi connectivity index (χ1n) is 6.60. The fourth-order valence-electron chi connectivity index (χ4n) is 2.10. The minimum absolute atomic E-state index is 0.216. The molecule has 2 aromatic carbocycles. The van der Waals surface area contributed by atoms with E-state index >= 15 is 0 Å². The van der Waals surface area contributed by atoms with Gasteiger partial charge in [-0.2, -0.15) is 17.5 Å². The van der Waals surface area contributed by atoms with Crippen LogP contribution in [-0.2, 0) is 22.7 Å². The van der Waals surface area contributed by atoms with Crippen molar-refractivity contribution in [1.29, 1.82) is 0 Å². The fraction of sp³-hybridized carbons (Fsp3) is 0.200. The standard InChI is InChI=1S/C15H12BrF4NO2S/c1-21(9-10-4-2-3-5-12(10)15(18,19)20)24(22,23)14-8-11(16)6-7-13(14)17/h2-8H,9H2,1H3. The largest absolute Gasteiger partial charge is 0.416 e. The molecular weight excluding hydrogens is 414 g/mol. The lowest BCUT2D eigenvalue weighted by Gasteiger charge is -2.20. The monoisotopic (exact) mass is 425 g/mol. The van der Waals surface area contributed by atoms with Gasteiger partial charge in [-0.3, -0.25) is 0 Å². The second kappa shape index (κ2) is 6.81. The molecule has 0 atom stereocenters. The zero-order valence-electron chi connectivity index (χ0n) is 12.3. The lowest BCUT2D eigenvalue weighted by Crippen LogP contribution is -2.28. The molecule has 0 aromatic heterocycles. The van der Waals surface area contributed by atoms with E-state index in [1.54, 1.807) is 0 Å². The zero-order valence-corrected chi connectivity index (χ0v) is 14.7. The molecule has 0 N–H and O–H groups in total. The van der Waals surface area contributed by atoms with E-state index in [-0.39, 0.29) is 5.56 Å². The Bertz CT molecular complexity index is 853. The lowest BCUT2D eigenvalue weighted by atomic mass is 10.1. The van der Waals surface area contributed by atoms with E-state index in [9.17, 15) is 26.0 Å². The number of sulfonamides is 1. The molecule has 0 heterocycles. The normalized spacial score (nSPS) is 12.6. The minimum atomic E-state index is -4.61. The lowest BCUT2D eigenvalue weighted by molar-refractivity contribution is -0.138. The van der Waals surface area contributed by atoms with Crippen molar-refractivity contribution in [3.63, 3.8) is 0 Å². The molecule has 0 radical (unpaired) electrons. The molecule has 0 bridgehead atoms. The summed E-state index contributed by atoms with van der Waals surface area (Å²) in [4.78, 5) is -0.608. The van der Waals surface area contributed by atoms with Gasteiger partial charge in [0.05, 0.1) is 5.56 Å². The van der Waals surface area contributed by atoms with Gasteiger partial charge in [0.15, 0.2) is 0 Å². The molecule has 3 nitrogen and oxygen atoms in total. The molecule has 2 aromatic rings. The van der Waals surface area contributed by atoms with Crippen molar-refractivity contribution in [2.75, 3.05) is 7.05 Å². The predicted octanol–water partition coefficient (Wildman–Crippen LogP) is 4.43. The van der Waals surface area contributed by atoms with Gasteiger partial charge < -0.3 is 0 Å². The summed E-state index contributed by atoms with van der Waals surface area (Å²) in [5.74, 6) is -0.978. The van der Waals surface area contributed by atoms with Gasteiger partial charge in [0, 0.05) is 18.1 Å². The molecule has 0 aliphatic rings. The summed E-state index contributed by atoms with van der Waals surface area (Å²) in [7, 11) is -3.19. The van der Waals surface area contributed by atoms with Crippen molar-refractivity contribution in [3.8, 4) is 0 Å². The topological polar surface area (TPSA) is 37.4 Å². The molecule has 0 saturated heterocycles. The van der Waals surface area contributed by atoms with Gasteiger partial charge in [0.1, 0.15) is 10.7 Å². The second-order valence-corrected chi connectivity index (χ2v) is 7.92. The predicted molar refractivity (Wildman–Crippen MR) is 84.2 cm³/mol. The molecule has 0 saturated carbocycles. The summed E-state index contributed by atoms with van der Waals surface area (Å²) in [6.07, 6.45) is -4.61. The summed E-state index contributed by atoms with van der Waals surface area (Å²) in [6, 6.07) is 8.01. The van der Waals surface area contributed by atoms with Crippen LogP contribution in [0.2, 0.25) is 0 Å². The fourth-order valence-corrected chi connectivity index (χ4v) is 3.85. The molecule has 0 fully saturated rings. The SMILES string of the molecule is CN(Cc1ccccc1C(F)(F)F)S(=O)(=O)c1cc(Br)ccc1F. The van der Waals surface area contributed by atoms with Crippen LogP contribution in [0.3, 0.4) is 0 Å². The number of hydrogen-bond acceptors (Lipinski definition) is 2. The van der Waals surface area contributed by atoms with Crippen LogP contribution in [0.15, 0.2) is 51.8 Å². The van der Waals surface area contributed by atoms with Gasteiger partial charge in [-0.05, 0) is 29.8 Å². The third-order valence-electron chi connectivity index (χ3n) is 3.30. The Balaban J connectivity index is 2.40. The van der Waals surface area contributed by atoms with E-state index in [1.165, 1.54) is 24.3 Å². The highest BCUT2D eigenvalue weighted by molar-refractivity contribution is 9.10. The average molecular weight is 426 g/mol. The van der Waals surface area contributed by atoms with Crippen molar-refractivity contribution < 1.29 is 26.0 Å². The van der Waals surface area contributed by atoms with Crippen LogP contribution in [0.1, 0.15) is 11.1 Å². The molecule has 9 heteroatoms. The van der Waals surface area contributed by atoms with Crippen LogP contribution in [0.25, 0.3) is 0 Å². The highest BCUT2D eigenvalue weighted by Gasteiger charge is 2.34. The number of benzene rings is 2. The van der Waals surface area contributed by atoms with Gasteiger partial charge >= 0.3 is 6.18 Å². The van der Waals surface area contributed by atoms with E-state index in [4.69, 9.17) is 0 Å². The number of nitrogens with zero attached hydrogens (tertiary/aromatic N) is 1. The van der Waals surface area contributed by atoms with Crippen molar-refractivity contribution in [2.24, 2.45) is 0 Å². The van der Waals surface area contributed by atoms with E-state index in [2.05, 4.69) is 15.9 Å². The Labute approximate surface area is 145 Å². The van der Waals surface area contributed by atoms with E-state index in [0.717, 1.165) is 25.2 Å². The van der Waals surface area contributed by atoms with E-state index in [1.807, 2.05) is 0 Å². The number of halogens is 5. The molecule has 0 unspecified atom stereocenters. The van der Waals surface area contributed by atoms with Crippen molar-refractivity contribution >= 4 is 26.0 Å². The Morgan fingerprint density at radius 2 is 1.75 bits per heavy atom. The second-order valence-electron chi connectivity index (χ2n) is 4.99. The smallest absolute Gasteiger partial charge is 0.207 e. The maximum atomic E-state index is 13.8. The summed E-state index contributed by atoms with van der Waals surface area (Å²) < 4.78 is 78.8. The van der Waals surface area contributed by atoms with Crippen LogP contribution in [0.4, 0.5) is 17.6 Å². The zero-order chi connectivity index (χ0) is 18.1. The van der Waals surface area contributed by atoms with Gasteiger partial charge in [-0.25, -0.2) is 12.8 Å². The first-order chi connectivity index (χ1) is 11.0. The molecule has 2 rings (SSSR count). The molecule has 0 aliphatic carbocycles. The quantitative estimate of drug-likeness (QED) is 0.679. The maximum Gasteiger partial charge on any atom is 0.416 e. The van der Waals surface area contributed by atoms with Gasteiger partial charge in [0.2, 0.25) is 10.0 Å². The Kier molecular flexibility index (Phi) is 5.36. The molecular formula is C15H12BrF4NO2S. The first-order valence-corrected chi connectivity index (χ1v) is 8.83. The Morgan fingerprint density at radius 3 is 2.38 bits per heavy atom. The molecule has 24 heavy (non-hydrogen) atoms. The van der Waals surface area contributed by atoms with Crippen LogP contribution in [0, 0.1) is 5.82 Å². The summed E-state index contributed by atoms with van der Waals surface area (Å²) >= 11 is 3.04. The summed E-state index contributed by atoms with van der Waals surface area (Å²) in [6.45, 7) is -0.538. The summed E-state index contributed by atoms with van der Waals surface area (Å²) in [5, 5.41) is 0. The Hall–Kier alpha value is -1.45. The van der Waals surface area contributed by atoms with E-state index < -0.39 is 39.0 Å². The van der Waals surface area contributed by atoms with E-state index in [0.29, 0.717) is 8.78 Å². The van der Waals surface area contributed by atoms with Gasteiger partial charge in [0.25, 0.3) is 0 Å². The van der Waals surface area contributed by atoms with Gasteiger partial charge in [-0.1, -0.05) is 34.1 Å². The Morgan fingerprint density at radius 1 is 1.12 bits per heavy atom.